The SMILES string of the molecule is CCc1ccc(OCc2csc(C(=O)NC3CCCC3)c2)cc1. The van der Waals surface area contributed by atoms with Gasteiger partial charge in [-0.2, -0.15) is 0 Å². The van der Waals surface area contributed by atoms with Gasteiger partial charge in [0.05, 0.1) is 4.88 Å². The first-order valence-electron chi connectivity index (χ1n) is 8.34. The third-order valence-electron chi connectivity index (χ3n) is 4.31. The van der Waals surface area contributed by atoms with Gasteiger partial charge in [0.25, 0.3) is 5.91 Å². The summed E-state index contributed by atoms with van der Waals surface area (Å²) in [7, 11) is 0. The van der Waals surface area contributed by atoms with E-state index in [0.29, 0.717) is 12.6 Å². The van der Waals surface area contributed by atoms with Gasteiger partial charge >= 0.3 is 0 Å². The van der Waals surface area contributed by atoms with Crippen LogP contribution in [0.25, 0.3) is 0 Å². The Morgan fingerprint density at radius 2 is 1.96 bits per heavy atom. The first kappa shape index (κ1) is 16.1. The molecule has 0 spiro atoms. The number of rotatable bonds is 6. The van der Waals surface area contributed by atoms with Crippen LogP contribution in [0.1, 0.15) is 53.4 Å². The molecular weight excluding hydrogens is 306 g/mol. The van der Waals surface area contributed by atoms with Gasteiger partial charge in [-0.15, -0.1) is 11.3 Å². The van der Waals surface area contributed by atoms with Crippen LogP contribution in [0.3, 0.4) is 0 Å². The van der Waals surface area contributed by atoms with Gasteiger partial charge < -0.3 is 10.1 Å². The van der Waals surface area contributed by atoms with Crippen LogP contribution in [0.5, 0.6) is 5.75 Å². The minimum absolute atomic E-state index is 0.0560. The minimum Gasteiger partial charge on any atom is -0.489 e. The van der Waals surface area contributed by atoms with Crippen molar-refractivity contribution in [1.29, 1.82) is 0 Å². The monoisotopic (exact) mass is 329 g/mol. The van der Waals surface area contributed by atoms with Crippen LogP contribution in [0.4, 0.5) is 0 Å². The average molecular weight is 329 g/mol. The van der Waals surface area contributed by atoms with Crippen molar-refractivity contribution in [1.82, 2.24) is 5.32 Å². The van der Waals surface area contributed by atoms with Gasteiger partial charge in [-0.05, 0) is 48.4 Å². The Morgan fingerprint density at radius 3 is 2.65 bits per heavy atom. The van der Waals surface area contributed by atoms with E-state index in [1.807, 2.05) is 23.6 Å². The summed E-state index contributed by atoms with van der Waals surface area (Å²) >= 11 is 1.49. The van der Waals surface area contributed by atoms with E-state index in [2.05, 4.69) is 24.4 Å². The number of benzene rings is 1. The lowest BCUT2D eigenvalue weighted by Crippen LogP contribution is -2.31. The fraction of sp³-hybridized carbons (Fsp3) is 0.421. The minimum atomic E-state index is 0.0560. The average Bonchev–Trinajstić information content (AvgIpc) is 3.25. The maximum atomic E-state index is 12.2. The normalized spacial score (nSPS) is 14.8. The lowest BCUT2D eigenvalue weighted by molar-refractivity contribution is 0.0942. The van der Waals surface area contributed by atoms with E-state index in [1.54, 1.807) is 0 Å². The number of carbonyl (C=O) groups excluding carboxylic acids is 1. The molecule has 0 aliphatic heterocycles. The predicted octanol–water partition coefficient (Wildman–Crippen LogP) is 4.56. The van der Waals surface area contributed by atoms with Crippen molar-refractivity contribution in [3.8, 4) is 5.75 Å². The lowest BCUT2D eigenvalue weighted by atomic mass is 10.2. The zero-order chi connectivity index (χ0) is 16.1. The fourth-order valence-corrected chi connectivity index (χ4v) is 3.68. The lowest BCUT2D eigenvalue weighted by Gasteiger charge is -2.10. The van der Waals surface area contributed by atoms with Gasteiger partial charge in [0.2, 0.25) is 0 Å². The first-order valence-corrected chi connectivity index (χ1v) is 9.22. The highest BCUT2D eigenvalue weighted by atomic mass is 32.1. The molecule has 1 aliphatic carbocycles. The standard InChI is InChI=1S/C19H23NO2S/c1-2-14-7-9-17(10-8-14)22-12-15-11-18(23-13-15)19(21)20-16-5-3-4-6-16/h7-11,13,16H,2-6,12H2,1H3,(H,20,21). The molecule has 3 nitrogen and oxygen atoms in total. The Kier molecular flexibility index (Phi) is 5.34. The van der Waals surface area contributed by atoms with Crippen molar-refractivity contribution in [2.45, 2.75) is 51.7 Å². The molecule has 0 unspecified atom stereocenters. The summed E-state index contributed by atoms with van der Waals surface area (Å²) in [5.74, 6) is 0.922. The highest BCUT2D eigenvalue weighted by molar-refractivity contribution is 7.12. The number of thiophene rings is 1. The van der Waals surface area contributed by atoms with E-state index in [4.69, 9.17) is 4.74 Å². The van der Waals surface area contributed by atoms with E-state index < -0.39 is 0 Å². The molecule has 4 heteroatoms. The molecule has 1 aromatic carbocycles. The van der Waals surface area contributed by atoms with Gasteiger partial charge in [0, 0.05) is 11.6 Å². The molecule has 122 valence electrons. The molecule has 3 rings (SSSR count). The molecule has 23 heavy (non-hydrogen) atoms. The Hall–Kier alpha value is -1.81. The van der Waals surface area contributed by atoms with Crippen LogP contribution >= 0.6 is 11.3 Å². The summed E-state index contributed by atoms with van der Waals surface area (Å²) in [6.45, 7) is 2.64. The molecule has 0 bridgehead atoms. The zero-order valence-electron chi connectivity index (χ0n) is 13.5. The van der Waals surface area contributed by atoms with Crippen molar-refractivity contribution in [2.75, 3.05) is 0 Å². The molecule has 0 saturated heterocycles. The second-order valence-corrected chi connectivity index (χ2v) is 6.97. The molecule has 0 atom stereocenters. The summed E-state index contributed by atoms with van der Waals surface area (Å²) < 4.78 is 5.79. The largest absolute Gasteiger partial charge is 0.489 e. The third-order valence-corrected chi connectivity index (χ3v) is 5.28. The molecule has 0 radical (unpaired) electrons. The van der Waals surface area contributed by atoms with Crippen LogP contribution in [-0.4, -0.2) is 11.9 Å². The first-order chi connectivity index (χ1) is 11.2. The maximum Gasteiger partial charge on any atom is 0.261 e. The molecule has 1 saturated carbocycles. The van der Waals surface area contributed by atoms with Crippen molar-refractivity contribution >= 4 is 17.2 Å². The molecule has 1 fully saturated rings. The van der Waals surface area contributed by atoms with E-state index >= 15 is 0 Å². The molecular formula is C19H23NO2S. The molecule has 1 aliphatic rings. The van der Waals surface area contributed by atoms with Gasteiger partial charge in [0.1, 0.15) is 12.4 Å². The fourth-order valence-electron chi connectivity index (χ4n) is 2.89. The van der Waals surface area contributed by atoms with Gasteiger partial charge in [-0.25, -0.2) is 0 Å². The summed E-state index contributed by atoms with van der Waals surface area (Å²) in [6, 6.07) is 10.5. The number of hydrogen-bond donors (Lipinski definition) is 1. The third kappa shape index (κ3) is 4.35. The highest BCUT2D eigenvalue weighted by Gasteiger charge is 2.18. The topological polar surface area (TPSA) is 38.3 Å². The van der Waals surface area contributed by atoms with Gasteiger partial charge in [-0.3, -0.25) is 4.79 Å². The summed E-state index contributed by atoms with van der Waals surface area (Å²) in [5.41, 5.74) is 2.35. The number of hydrogen-bond acceptors (Lipinski definition) is 3. The van der Waals surface area contributed by atoms with Crippen LogP contribution in [0.15, 0.2) is 35.7 Å². The van der Waals surface area contributed by atoms with Crippen molar-refractivity contribution < 1.29 is 9.53 Å². The van der Waals surface area contributed by atoms with Crippen LogP contribution in [-0.2, 0) is 13.0 Å². The number of amides is 1. The summed E-state index contributed by atoms with van der Waals surface area (Å²) in [5, 5.41) is 5.13. The Bertz CT molecular complexity index is 642. The smallest absolute Gasteiger partial charge is 0.261 e. The van der Waals surface area contributed by atoms with Crippen LogP contribution in [0.2, 0.25) is 0 Å². The summed E-state index contributed by atoms with van der Waals surface area (Å²) in [4.78, 5) is 13.0. The second-order valence-electron chi connectivity index (χ2n) is 6.06. The van der Waals surface area contributed by atoms with Gasteiger partial charge in [-0.1, -0.05) is 31.9 Å². The Labute approximate surface area is 141 Å². The maximum absolute atomic E-state index is 12.2. The molecule has 1 amide bonds. The summed E-state index contributed by atoms with van der Waals surface area (Å²) in [6.07, 6.45) is 5.71. The van der Waals surface area contributed by atoms with Gasteiger partial charge in [0.15, 0.2) is 0 Å². The number of carbonyl (C=O) groups is 1. The number of aryl methyl sites for hydroxylation is 1. The van der Waals surface area contributed by atoms with E-state index in [9.17, 15) is 4.79 Å². The van der Waals surface area contributed by atoms with Crippen LogP contribution in [0, 0.1) is 0 Å². The Morgan fingerprint density at radius 1 is 1.22 bits per heavy atom. The molecule has 1 N–H and O–H groups in total. The van der Waals surface area contributed by atoms with Crippen molar-refractivity contribution in [3.05, 3.63) is 51.7 Å². The second kappa shape index (κ2) is 7.64. The van der Waals surface area contributed by atoms with E-state index in [1.165, 1.54) is 29.7 Å². The molecule has 1 aromatic heterocycles. The van der Waals surface area contributed by atoms with E-state index in [0.717, 1.165) is 35.5 Å². The highest BCUT2D eigenvalue weighted by Crippen LogP contribution is 2.21. The number of nitrogens with one attached hydrogen (secondary N) is 1. The molecule has 1 heterocycles. The predicted molar refractivity (Wildman–Crippen MR) is 94.2 cm³/mol. The molecule has 2 aromatic rings. The number of ether oxygens (including phenoxy) is 1. The van der Waals surface area contributed by atoms with Crippen LogP contribution < -0.4 is 10.1 Å². The van der Waals surface area contributed by atoms with Crippen molar-refractivity contribution in [3.63, 3.8) is 0 Å². The van der Waals surface area contributed by atoms with E-state index in [-0.39, 0.29) is 5.91 Å². The quantitative estimate of drug-likeness (QED) is 0.843. The Balaban J connectivity index is 1.52. The van der Waals surface area contributed by atoms with Crippen molar-refractivity contribution in [2.24, 2.45) is 0 Å². The zero-order valence-corrected chi connectivity index (χ0v) is 14.3.